The Morgan fingerprint density at radius 1 is 1.47 bits per heavy atom. The van der Waals surface area contributed by atoms with Gasteiger partial charge in [-0.1, -0.05) is 12.1 Å². The van der Waals surface area contributed by atoms with E-state index >= 15 is 0 Å². The second-order valence-electron chi connectivity index (χ2n) is 4.56. The van der Waals surface area contributed by atoms with Crippen molar-refractivity contribution in [2.24, 2.45) is 0 Å². The van der Waals surface area contributed by atoms with E-state index in [1.807, 2.05) is 17.5 Å². The van der Waals surface area contributed by atoms with Crippen LogP contribution in [0.25, 0.3) is 0 Å². The maximum Gasteiger partial charge on any atom is 0.228 e. The van der Waals surface area contributed by atoms with E-state index < -0.39 is 11.9 Å². The van der Waals surface area contributed by atoms with Crippen LogP contribution < -0.4 is 5.32 Å². The first-order valence-corrected chi connectivity index (χ1v) is 6.84. The molecule has 3 rings (SSSR count). The third-order valence-corrected chi connectivity index (χ3v) is 4.07. The first-order valence-electron chi connectivity index (χ1n) is 5.96. The van der Waals surface area contributed by atoms with Gasteiger partial charge in [0.2, 0.25) is 5.91 Å². The lowest BCUT2D eigenvalue weighted by Gasteiger charge is -2.12. The van der Waals surface area contributed by atoms with Crippen LogP contribution in [0.1, 0.15) is 22.1 Å². The highest BCUT2D eigenvalue weighted by Crippen LogP contribution is 2.31. The Morgan fingerprint density at radius 2 is 2.32 bits per heavy atom. The van der Waals surface area contributed by atoms with Crippen molar-refractivity contribution in [2.75, 3.05) is 5.32 Å². The Bertz CT molecular complexity index is 625. The van der Waals surface area contributed by atoms with Crippen molar-refractivity contribution in [2.45, 2.75) is 18.9 Å². The number of carbonyl (C=O) groups excluding carboxylic acids is 1. The fraction of sp³-hybridized carbons (Fsp3) is 0.214. The minimum absolute atomic E-state index is 0.172. The van der Waals surface area contributed by atoms with Gasteiger partial charge < -0.3 is 10.4 Å². The van der Waals surface area contributed by atoms with E-state index in [-0.39, 0.29) is 18.0 Å². The molecule has 2 aromatic rings. The van der Waals surface area contributed by atoms with E-state index in [0.29, 0.717) is 17.5 Å². The third-order valence-electron chi connectivity index (χ3n) is 3.17. The first-order chi connectivity index (χ1) is 9.13. The van der Waals surface area contributed by atoms with E-state index in [0.717, 1.165) is 4.88 Å². The summed E-state index contributed by atoms with van der Waals surface area (Å²) in [5.41, 5.74) is 1.38. The van der Waals surface area contributed by atoms with Gasteiger partial charge in [0.25, 0.3) is 0 Å². The zero-order chi connectivity index (χ0) is 13.4. The fourth-order valence-electron chi connectivity index (χ4n) is 2.25. The molecule has 0 spiro atoms. The van der Waals surface area contributed by atoms with Crippen LogP contribution in [-0.4, -0.2) is 11.0 Å². The van der Waals surface area contributed by atoms with Crippen LogP contribution in [-0.2, 0) is 17.6 Å². The van der Waals surface area contributed by atoms with Crippen molar-refractivity contribution in [1.29, 1.82) is 0 Å². The zero-order valence-corrected chi connectivity index (χ0v) is 10.8. The Morgan fingerprint density at radius 3 is 3.05 bits per heavy atom. The number of hydrogen-bond donors (Lipinski definition) is 2. The third kappa shape index (κ3) is 2.39. The number of amides is 1. The molecule has 0 saturated heterocycles. The lowest BCUT2D eigenvalue weighted by Crippen LogP contribution is -2.04. The molecule has 0 aliphatic carbocycles. The average Bonchev–Trinajstić information content (AvgIpc) is 2.97. The minimum Gasteiger partial charge on any atom is -0.388 e. The average molecular weight is 277 g/mol. The second kappa shape index (κ2) is 4.75. The summed E-state index contributed by atoms with van der Waals surface area (Å²) in [5.74, 6) is -0.692. The number of aliphatic hydroxyl groups is 1. The molecule has 1 aliphatic heterocycles. The maximum atomic E-state index is 13.8. The number of hydrogen-bond acceptors (Lipinski definition) is 3. The van der Waals surface area contributed by atoms with Crippen LogP contribution in [0.3, 0.4) is 0 Å². The van der Waals surface area contributed by atoms with Crippen LogP contribution in [0.15, 0.2) is 29.6 Å². The van der Waals surface area contributed by atoms with Crippen molar-refractivity contribution < 1.29 is 14.3 Å². The summed E-state index contributed by atoms with van der Waals surface area (Å²) in [5, 5.41) is 14.6. The van der Waals surface area contributed by atoms with Crippen molar-refractivity contribution in [3.05, 3.63) is 51.5 Å². The lowest BCUT2D eigenvalue weighted by molar-refractivity contribution is -0.115. The van der Waals surface area contributed by atoms with Gasteiger partial charge in [0.15, 0.2) is 0 Å². The molecule has 0 saturated carbocycles. The van der Waals surface area contributed by atoms with Gasteiger partial charge in [-0.15, -0.1) is 11.3 Å². The molecular formula is C14H12FNO2S. The number of aliphatic hydroxyl groups excluding tert-OH is 1. The standard InChI is InChI=1S/C14H12FNO2S/c15-11-5-8(4-9-6-13(18)16-14(9)11)12(17)7-10-2-1-3-19-10/h1-5,12,17H,6-7H2,(H,16,18). The quantitative estimate of drug-likeness (QED) is 0.906. The van der Waals surface area contributed by atoms with Gasteiger partial charge in [0.05, 0.1) is 18.2 Å². The number of halogens is 1. The highest BCUT2D eigenvalue weighted by Gasteiger charge is 2.23. The lowest BCUT2D eigenvalue weighted by atomic mass is 10.0. The number of carbonyl (C=O) groups is 1. The highest BCUT2D eigenvalue weighted by atomic mass is 32.1. The largest absolute Gasteiger partial charge is 0.388 e. The molecule has 19 heavy (non-hydrogen) atoms. The van der Waals surface area contributed by atoms with Crippen LogP contribution in [0.4, 0.5) is 10.1 Å². The predicted molar refractivity (Wildman–Crippen MR) is 71.7 cm³/mol. The monoisotopic (exact) mass is 277 g/mol. The molecule has 1 aliphatic rings. The number of anilines is 1. The van der Waals surface area contributed by atoms with Gasteiger partial charge >= 0.3 is 0 Å². The molecule has 0 radical (unpaired) electrons. The normalized spacial score (nSPS) is 15.2. The molecule has 5 heteroatoms. The van der Waals surface area contributed by atoms with Gasteiger partial charge in [-0.05, 0) is 28.6 Å². The number of thiophene rings is 1. The molecule has 1 atom stereocenters. The summed E-state index contributed by atoms with van der Waals surface area (Å²) in [7, 11) is 0. The summed E-state index contributed by atoms with van der Waals surface area (Å²) in [6, 6.07) is 6.85. The molecule has 1 amide bonds. The zero-order valence-electron chi connectivity index (χ0n) is 10.0. The number of benzene rings is 1. The van der Waals surface area contributed by atoms with Gasteiger partial charge in [0, 0.05) is 11.3 Å². The number of rotatable bonds is 3. The molecule has 0 bridgehead atoms. The Hall–Kier alpha value is -1.72. The van der Waals surface area contributed by atoms with Gasteiger partial charge in [-0.2, -0.15) is 0 Å². The minimum atomic E-state index is -0.755. The second-order valence-corrected chi connectivity index (χ2v) is 5.59. The number of nitrogens with one attached hydrogen (secondary N) is 1. The summed E-state index contributed by atoms with van der Waals surface area (Å²) in [6.45, 7) is 0. The van der Waals surface area contributed by atoms with E-state index in [1.54, 1.807) is 17.4 Å². The Balaban J connectivity index is 1.88. The van der Waals surface area contributed by atoms with E-state index in [1.165, 1.54) is 6.07 Å². The van der Waals surface area contributed by atoms with E-state index in [4.69, 9.17) is 0 Å². The molecule has 3 nitrogen and oxygen atoms in total. The summed E-state index contributed by atoms with van der Waals surface area (Å²) in [4.78, 5) is 12.3. The molecule has 1 unspecified atom stereocenters. The number of fused-ring (bicyclic) bond motifs is 1. The molecule has 2 heterocycles. The Labute approximate surface area is 113 Å². The van der Waals surface area contributed by atoms with E-state index in [2.05, 4.69) is 5.32 Å². The van der Waals surface area contributed by atoms with Gasteiger partial charge in [0.1, 0.15) is 5.82 Å². The van der Waals surface area contributed by atoms with Crippen molar-refractivity contribution in [3.63, 3.8) is 0 Å². The van der Waals surface area contributed by atoms with Gasteiger partial charge in [-0.25, -0.2) is 4.39 Å². The highest BCUT2D eigenvalue weighted by molar-refractivity contribution is 7.09. The van der Waals surface area contributed by atoms with Crippen LogP contribution >= 0.6 is 11.3 Å². The summed E-state index contributed by atoms with van der Waals surface area (Å²) < 4.78 is 13.8. The molecule has 1 aromatic heterocycles. The maximum absolute atomic E-state index is 13.8. The van der Waals surface area contributed by atoms with Gasteiger partial charge in [-0.3, -0.25) is 4.79 Å². The van der Waals surface area contributed by atoms with Crippen molar-refractivity contribution in [3.8, 4) is 0 Å². The fourth-order valence-corrected chi connectivity index (χ4v) is 3.00. The topological polar surface area (TPSA) is 49.3 Å². The molecule has 1 aromatic carbocycles. The SMILES string of the molecule is O=C1Cc2cc(C(O)Cc3cccs3)cc(F)c2N1. The van der Waals surface area contributed by atoms with Crippen molar-refractivity contribution >= 4 is 22.9 Å². The first kappa shape index (κ1) is 12.3. The molecule has 98 valence electrons. The molecular weight excluding hydrogens is 265 g/mol. The molecule has 2 N–H and O–H groups in total. The van der Waals surface area contributed by atoms with E-state index in [9.17, 15) is 14.3 Å². The summed E-state index contributed by atoms with van der Waals surface area (Å²) >= 11 is 1.56. The predicted octanol–water partition coefficient (Wildman–Crippen LogP) is 2.66. The van der Waals surface area contributed by atoms with Crippen LogP contribution in [0.5, 0.6) is 0 Å². The Kier molecular flexibility index (Phi) is 3.08. The smallest absolute Gasteiger partial charge is 0.228 e. The van der Waals surface area contributed by atoms with Crippen LogP contribution in [0.2, 0.25) is 0 Å². The summed E-state index contributed by atoms with van der Waals surface area (Å²) in [6.07, 6.45) is -0.127. The van der Waals surface area contributed by atoms with Crippen LogP contribution in [0, 0.1) is 5.82 Å². The van der Waals surface area contributed by atoms with Crippen molar-refractivity contribution in [1.82, 2.24) is 0 Å². The molecule has 0 fully saturated rings.